The number of Topliss-reactive ketones (excluding diaryl/α,β-unsaturated/α-hetero) is 1. The van der Waals surface area contributed by atoms with Crippen molar-refractivity contribution in [3.8, 4) is 0 Å². The van der Waals surface area contributed by atoms with Crippen molar-refractivity contribution >= 4 is 17.7 Å². The minimum atomic E-state index is -3.16. The Kier molecular flexibility index (Phi) is 6.87. The van der Waals surface area contributed by atoms with Gasteiger partial charge in [-0.3, -0.25) is 14.4 Å². The number of carboxylic acids is 1. The third-order valence-electron chi connectivity index (χ3n) is 5.72. The summed E-state index contributed by atoms with van der Waals surface area (Å²) >= 11 is 0. The summed E-state index contributed by atoms with van der Waals surface area (Å²) in [5.74, 6) is -8.31. The van der Waals surface area contributed by atoms with Crippen LogP contribution < -0.4 is 0 Å². The van der Waals surface area contributed by atoms with Crippen molar-refractivity contribution in [1.82, 2.24) is 4.90 Å². The molecule has 1 aromatic carbocycles. The number of hydrogen-bond acceptors (Lipinski definition) is 5. The molecule has 3 unspecified atom stereocenters. The molecule has 1 aromatic rings. The molecule has 0 spiro atoms. The SMILES string of the molecule is [N-]=[N+]=NC(C(=O)C1CCC(F)(F)CC1C(=O)O)c1ccc(C(=O)N2CCOCC2)cc1. The highest BCUT2D eigenvalue weighted by molar-refractivity contribution is 5.95. The van der Waals surface area contributed by atoms with E-state index in [1.807, 2.05) is 0 Å². The first-order chi connectivity index (χ1) is 14.7. The maximum atomic E-state index is 13.7. The largest absolute Gasteiger partial charge is 0.481 e. The van der Waals surface area contributed by atoms with Gasteiger partial charge in [0.15, 0.2) is 0 Å². The molecule has 2 fully saturated rings. The molecular formula is C20H22F2N4O5. The summed E-state index contributed by atoms with van der Waals surface area (Å²) < 4.78 is 32.6. The number of carbonyl (C=O) groups is 3. The van der Waals surface area contributed by atoms with Crippen molar-refractivity contribution in [3.63, 3.8) is 0 Å². The summed E-state index contributed by atoms with van der Waals surface area (Å²) in [7, 11) is 0. The van der Waals surface area contributed by atoms with Gasteiger partial charge in [0, 0.05) is 42.3 Å². The standard InChI is InChI=1S/C20H22F2N4O5/c21-20(22)6-5-14(15(11-20)19(29)30)17(27)16(24-25-23)12-1-3-13(4-2-12)18(28)26-7-9-31-10-8-26/h1-4,14-16H,5-11H2,(H,29,30). The molecule has 2 aliphatic rings. The van der Waals surface area contributed by atoms with Crippen LogP contribution in [0.1, 0.15) is 41.2 Å². The van der Waals surface area contributed by atoms with Crippen LogP contribution in [-0.4, -0.2) is 59.9 Å². The normalized spacial score (nSPS) is 24.0. The summed E-state index contributed by atoms with van der Waals surface area (Å²) in [4.78, 5) is 41.4. The molecule has 3 atom stereocenters. The second kappa shape index (κ2) is 9.40. The zero-order chi connectivity index (χ0) is 22.6. The van der Waals surface area contributed by atoms with Crippen LogP contribution in [0, 0.1) is 11.8 Å². The summed E-state index contributed by atoms with van der Waals surface area (Å²) in [5.41, 5.74) is 9.55. The minimum absolute atomic E-state index is 0.207. The van der Waals surface area contributed by atoms with E-state index in [-0.39, 0.29) is 17.9 Å². The molecule has 11 heteroatoms. The van der Waals surface area contributed by atoms with Crippen LogP contribution in [0.5, 0.6) is 0 Å². The number of alkyl halides is 2. The van der Waals surface area contributed by atoms with Gasteiger partial charge in [0.1, 0.15) is 11.8 Å². The Morgan fingerprint density at radius 2 is 1.84 bits per heavy atom. The van der Waals surface area contributed by atoms with E-state index < -0.39 is 48.4 Å². The maximum absolute atomic E-state index is 13.7. The van der Waals surface area contributed by atoms with Crippen molar-refractivity contribution in [3.05, 3.63) is 45.8 Å². The Bertz CT molecular complexity index is 895. The molecule has 1 aliphatic carbocycles. The molecule has 0 radical (unpaired) electrons. The van der Waals surface area contributed by atoms with Gasteiger partial charge in [0.25, 0.3) is 5.91 Å². The number of nitrogens with zero attached hydrogens (tertiary/aromatic N) is 4. The lowest BCUT2D eigenvalue weighted by Crippen LogP contribution is -2.41. The van der Waals surface area contributed by atoms with E-state index >= 15 is 0 Å². The fraction of sp³-hybridized carbons (Fsp3) is 0.550. The van der Waals surface area contributed by atoms with Crippen LogP contribution in [0.25, 0.3) is 10.4 Å². The van der Waals surface area contributed by atoms with E-state index in [0.717, 1.165) is 0 Å². The van der Waals surface area contributed by atoms with Crippen molar-refractivity contribution in [2.45, 2.75) is 31.2 Å². The Morgan fingerprint density at radius 1 is 1.19 bits per heavy atom. The maximum Gasteiger partial charge on any atom is 0.307 e. The number of carboxylic acid groups (broad SMARTS) is 1. The lowest BCUT2D eigenvalue weighted by molar-refractivity contribution is -0.157. The van der Waals surface area contributed by atoms with Gasteiger partial charge in [-0.1, -0.05) is 17.2 Å². The highest BCUT2D eigenvalue weighted by Crippen LogP contribution is 2.42. The number of benzene rings is 1. The van der Waals surface area contributed by atoms with Gasteiger partial charge < -0.3 is 14.7 Å². The molecule has 1 amide bonds. The molecule has 0 aromatic heterocycles. The number of aliphatic carboxylic acids is 1. The fourth-order valence-corrected chi connectivity index (χ4v) is 4.03. The van der Waals surface area contributed by atoms with E-state index in [1.165, 1.54) is 24.3 Å². The van der Waals surface area contributed by atoms with Crippen LogP contribution >= 0.6 is 0 Å². The number of rotatable bonds is 6. The third kappa shape index (κ3) is 5.18. The average molecular weight is 436 g/mol. The number of carbonyl (C=O) groups excluding carboxylic acids is 2. The number of halogens is 2. The summed E-state index contributed by atoms with van der Waals surface area (Å²) in [6.45, 7) is 1.82. The number of morpholine rings is 1. The fourth-order valence-electron chi connectivity index (χ4n) is 4.03. The predicted octanol–water partition coefficient (Wildman–Crippen LogP) is 3.22. The Labute approximate surface area is 176 Å². The van der Waals surface area contributed by atoms with Gasteiger partial charge in [-0.15, -0.1) is 0 Å². The summed E-state index contributed by atoms with van der Waals surface area (Å²) in [6, 6.07) is 4.53. The highest BCUT2D eigenvalue weighted by Gasteiger charge is 2.48. The number of azide groups is 1. The van der Waals surface area contributed by atoms with Crippen LogP contribution in [-0.2, 0) is 14.3 Å². The van der Waals surface area contributed by atoms with Gasteiger partial charge in [0.05, 0.1) is 19.1 Å². The average Bonchev–Trinajstić information content (AvgIpc) is 2.76. The predicted molar refractivity (Wildman–Crippen MR) is 103 cm³/mol. The first kappa shape index (κ1) is 22.6. The van der Waals surface area contributed by atoms with E-state index in [1.54, 1.807) is 4.90 Å². The Balaban J connectivity index is 1.81. The number of hydrogen-bond donors (Lipinski definition) is 1. The Morgan fingerprint density at radius 3 is 2.42 bits per heavy atom. The van der Waals surface area contributed by atoms with Crippen LogP contribution in [0.4, 0.5) is 8.78 Å². The lowest BCUT2D eigenvalue weighted by atomic mass is 9.73. The topological polar surface area (TPSA) is 133 Å². The monoisotopic (exact) mass is 436 g/mol. The van der Waals surface area contributed by atoms with Crippen molar-refractivity contribution in [1.29, 1.82) is 0 Å². The van der Waals surface area contributed by atoms with Crippen molar-refractivity contribution < 1.29 is 33.0 Å². The minimum Gasteiger partial charge on any atom is -0.481 e. The van der Waals surface area contributed by atoms with Gasteiger partial charge in [-0.05, 0) is 29.6 Å². The van der Waals surface area contributed by atoms with E-state index in [9.17, 15) is 28.3 Å². The molecule has 166 valence electrons. The van der Waals surface area contributed by atoms with Gasteiger partial charge >= 0.3 is 5.97 Å². The molecule has 1 aliphatic heterocycles. The molecule has 1 saturated heterocycles. The van der Waals surface area contributed by atoms with Gasteiger partial charge in [-0.25, -0.2) is 8.78 Å². The van der Waals surface area contributed by atoms with E-state index in [2.05, 4.69) is 10.0 Å². The summed E-state index contributed by atoms with van der Waals surface area (Å²) in [6.07, 6.45) is -1.86. The quantitative estimate of drug-likeness (QED) is 0.415. The molecule has 31 heavy (non-hydrogen) atoms. The van der Waals surface area contributed by atoms with Crippen molar-refractivity contribution in [2.24, 2.45) is 17.0 Å². The third-order valence-corrected chi connectivity index (χ3v) is 5.72. The number of amides is 1. The molecule has 1 N–H and O–H groups in total. The number of ether oxygens (including phenoxy) is 1. The molecule has 0 bridgehead atoms. The van der Waals surface area contributed by atoms with Gasteiger partial charge in [0.2, 0.25) is 5.92 Å². The molecule has 3 rings (SSSR count). The second-order valence-corrected chi connectivity index (χ2v) is 7.69. The smallest absolute Gasteiger partial charge is 0.307 e. The second-order valence-electron chi connectivity index (χ2n) is 7.69. The molecule has 9 nitrogen and oxygen atoms in total. The zero-order valence-corrected chi connectivity index (χ0v) is 16.6. The Hall–Kier alpha value is -3.04. The van der Waals surface area contributed by atoms with Gasteiger partial charge in [-0.2, -0.15) is 0 Å². The van der Waals surface area contributed by atoms with Crippen LogP contribution in [0.3, 0.4) is 0 Å². The number of ketones is 1. The molecular weight excluding hydrogens is 414 g/mol. The lowest BCUT2D eigenvalue weighted by Gasteiger charge is -2.33. The zero-order valence-electron chi connectivity index (χ0n) is 16.6. The highest BCUT2D eigenvalue weighted by atomic mass is 19.3. The molecule has 1 saturated carbocycles. The van der Waals surface area contributed by atoms with E-state index in [0.29, 0.717) is 31.9 Å². The first-order valence-corrected chi connectivity index (χ1v) is 9.89. The van der Waals surface area contributed by atoms with Crippen molar-refractivity contribution in [2.75, 3.05) is 26.3 Å². The van der Waals surface area contributed by atoms with Crippen LogP contribution in [0.15, 0.2) is 29.4 Å². The van der Waals surface area contributed by atoms with Crippen LogP contribution in [0.2, 0.25) is 0 Å². The summed E-state index contributed by atoms with van der Waals surface area (Å²) in [5, 5.41) is 12.9. The van der Waals surface area contributed by atoms with E-state index in [4.69, 9.17) is 10.3 Å². The molecule has 1 heterocycles. The first-order valence-electron chi connectivity index (χ1n) is 9.89.